The standard InChI is InChI=1S/C22H27N3O3/c1-22(2,3)24-20(27)17-10-6-7-11-18(17)23-21(28)25-13-12-15-8-4-5-9-16(15)19(25)14-26/h4-11,19,26H,12-14H2,1-3H3,(H,23,28)(H,24,27). The summed E-state index contributed by atoms with van der Waals surface area (Å²) in [4.78, 5) is 27.2. The highest BCUT2D eigenvalue weighted by Gasteiger charge is 2.30. The first kappa shape index (κ1) is 19.9. The molecular weight excluding hydrogens is 354 g/mol. The highest BCUT2D eigenvalue weighted by Crippen LogP contribution is 2.30. The number of benzene rings is 2. The topological polar surface area (TPSA) is 81.7 Å². The highest BCUT2D eigenvalue weighted by molar-refractivity contribution is 6.03. The normalized spacial score (nSPS) is 16.3. The number of aliphatic hydroxyl groups is 1. The van der Waals surface area contributed by atoms with Crippen molar-refractivity contribution in [2.75, 3.05) is 18.5 Å². The number of hydrogen-bond donors (Lipinski definition) is 3. The summed E-state index contributed by atoms with van der Waals surface area (Å²) in [6.45, 7) is 6.07. The molecule has 2 aromatic rings. The summed E-state index contributed by atoms with van der Waals surface area (Å²) in [7, 11) is 0. The smallest absolute Gasteiger partial charge is 0.322 e. The van der Waals surface area contributed by atoms with Crippen LogP contribution in [0.3, 0.4) is 0 Å². The Kier molecular flexibility index (Phi) is 5.70. The number of urea groups is 1. The third kappa shape index (κ3) is 4.34. The van der Waals surface area contributed by atoms with E-state index in [0.29, 0.717) is 17.8 Å². The molecule has 1 atom stereocenters. The molecule has 0 aromatic heterocycles. The maximum Gasteiger partial charge on any atom is 0.322 e. The van der Waals surface area contributed by atoms with Crippen molar-refractivity contribution < 1.29 is 14.7 Å². The molecule has 2 aromatic carbocycles. The van der Waals surface area contributed by atoms with Crippen LogP contribution in [0, 0.1) is 0 Å². The maximum atomic E-state index is 13.0. The van der Waals surface area contributed by atoms with Crippen molar-refractivity contribution in [3.8, 4) is 0 Å². The fraction of sp³-hybridized carbons (Fsp3) is 0.364. The molecule has 1 unspecified atom stereocenters. The first-order chi connectivity index (χ1) is 13.3. The molecule has 0 spiro atoms. The van der Waals surface area contributed by atoms with Gasteiger partial charge in [0.1, 0.15) is 0 Å². The van der Waals surface area contributed by atoms with Gasteiger partial charge in [-0.1, -0.05) is 36.4 Å². The zero-order valence-corrected chi connectivity index (χ0v) is 16.5. The number of nitrogens with zero attached hydrogens (tertiary/aromatic N) is 1. The molecule has 0 fully saturated rings. The summed E-state index contributed by atoms with van der Waals surface area (Å²) >= 11 is 0. The van der Waals surface area contributed by atoms with Crippen LogP contribution in [0.15, 0.2) is 48.5 Å². The summed E-state index contributed by atoms with van der Waals surface area (Å²) < 4.78 is 0. The minimum Gasteiger partial charge on any atom is -0.394 e. The molecule has 1 aliphatic rings. The Morgan fingerprint density at radius 3 is 2.50 bits per heavy atom. The number of carbonyl (C=O) groups excluding carboxylic acids is 2. The van der Waals surface area contributed by atoms with Crippen LogP contribution in [0.5, 0.6) is 0 Å². The fourth-order valence-corrected chi connectivity index (χ4v) is 3.48. The van der Waals surface area contributed by atoms with Gasteiger partial charge in [0.05, 0.1) is 23.9 Å². The summed E-state index contributed by atoms with van der Waals surface area (Å²) in [5.74, 6) is -0.244. The average Bonchev–Trinajstić information content (AvgIpc) is 2.66. The lowest BCUT2D eigenvalue weighted by atomic mass is 9.93. The van der Waals surface area contributed by atoms with Gasteiger partial charge >= 0.3 is 6.03 Å². The van der Waals surface area contributed by atoms with Gasteiger partial charge in [0.25, 0.3) is 5.91 Å². The monoisotopic (exact) mass is 381 g/mol. The summed E-state index contributed by atoms with van der Waals surface area (Å²) in [5.41, 5.74) is 2.58. The quantitative estimate of drug-likeness (QED) is 0.763. The Labute approximate surface area is 165 Å². The number of carbonyl (C=O) groups is 2. The van der Waals surface area contributed by atoms with E-state index in [9.17, 15) is 14.7 Å². The lowest BCUT2D eigenvalue weighted by molar-refractivity contribution is 0.0920. The number of anilines is 1. The van der Waals surface area contributed by atoms with Crippen molar-refractivity contribution >= 4 is 17.6 Å². The van der Waals surface area contributed by atoms with Crippen molar-refractivity contribution in [1.29, 1.82) is 0 Å². The van der Waals surface area contributed by atoms with E-state index < -0.39 is 6.04 Å². The summed E-state index contributed by atoms with van der Waals surface area (Å²) in [5, 5.41) is 15.7. The first-order valence-corrected chi connectivity index (χ1v) is 9.48. The van der Waals surface area contributed by atoms with E-state index in [4.69, 9.17) is 0 Å². The number of nitrogens with one attached hydrogen (secondary N) is 2. The maximum absolute atomic E-state index is 13.0. The summed E-state index contributed by atoms with van der Waals surface area (Å²) in [6.07, 6.45) is 0.728. The Morgan fingerprint density at radius 1 is 1.11 bits per heavy atom. The number of hydrogen-bond acceptors (Lipinski definition) is 3. The third-order valence-corrected chi connectivity index (χ3v) is 4.75. The van der Waals surface area contributed by atoms with Crippen molar-refractivity contribution in [1.82, 2.24) is 10.2 Å². The molecule has 3 N–H and O–H groups in total. The van der Waals surface area contributed by atoms with Crippen LogP contribution >= 0.6 is 0 Å². The van der Waals surface area contributed by atoms with Crippen LogP contribution in [0.4, 0.5) is 10.5 Å². The van der Waals surface area contributed by atoms with Gasteiger partial charge in [0, 0.05) is 12.1 Å². The second-order valence-electron chi connectivity index (χ2n) is 8.02. The van der Waals surface area contributed by atoms with E-state index in [1.807, 2.05) is 45.0 Å². The molecule has 28 heavy (non-hydrogen) atoms. The van der Waals surface area contributed by atoms with Crippen LogP contribution in [-0.4, -0.2) is 40.6 Å². The Bertz CT molecular complexity index is 873. The van der Waals surface area contributed by atoms with Crippen LogP contribution in [0.25, 0.3) is 0 Å². The van der Waals surface area contributed by atoms with Crippen molar-refractivity contribution in [3.05, 3.63) is 65.2 Å². The second-order valence-corrected chi connectivity index (χ2v) is 8.02. The molecule has 0 radical (unpaired) electrons. The van der Waals surface area contributed by atoms with Gasteiger partial charge in [-0.2, -0.15) is 0 Å². The number of para-hydroxylation sites is 1. The van der Waals surface area contributed by atoms with E-state index in [-0.39, 0.29) is 24.1 Å². The van der Waals surface area contributed by atoms with Crippen LogP contribution < -0.4 is 10.6 Å². The zero-order chi connectivity index (χ0) is 20.3. The molecule has 3 rings (SSSR count). The average molecular weight is 381 g/mol. The lowest BCUT2D eigenvalue weighted by Gasteiger charge is -2.36. The second kappa shape index (κ2) is 8.02. The van der Waals surface area contributed by atoms with E-state index >= 15 is 0 Å². The SMILES string of the molecule is CC(C)(C)NC(=O)c1ccccc1NC(=O)N1CCc2ccccc2C1CO. The number of fused-ring (bicyclic) bond motifs is 1. The minimum atomic E-state index is -0.402. The largest absolute Gasteiger partial charge is 0.394 e. The predicted octanol–water partition coefficient (Wildman–Crippen LogP) is 3.34. The van der Waals surface area contributed by atoms with Gasteiger partial charge in [-0.15, -0.1) is 0 Å². The third-order valence-electron chi connectivity index (χ3n) is 4.75. The van der Waals surface area contributed by atoms with Gasteiger partial charge in [0.2, 0.25) is 0 Å². The van der Waals surface area contributed by atoms with Crippen LogP contribution in [-0.2, 0) is 6.42 Å². The van der Waals surface area contributed by atoms with Gasteiger partial charge in [-0.3, -0.25) is 4.79 Å². The van der Waals surface area contributed by atoms with Crippen molar-refractivity contribution in [3.63, 3.8) is 0 Å². The van der Waals surface area contributed by atoms with Gasteiger partial charge in [-0.25, -0.2) is 4.79 Å². The van der Waals surface area contributed by atoms with Gasteiger partial charge in [-0.05, 0) is 50.5 Å². The molecule has 0 saturated heterocycles. The molecule has 0 bridgehead atoms. The number of rotatable bonds is 3. The van der Waals surface area contributed by atoms with Crippen LogP contribution in [0.1, 0.15) is 48.3 Å². The van der Waals surface area contributed by atoms with E-state index in [0.717, 1.165) is 17.5 Å². The van der Waals surface area contributed by atoms with E-state index in [1.165, 1.54) is 0 Å². The zero-order valence-electron chi connectivity index (χ0n) is 16.5. The highest BCUT2D eigenvalue weighted by atomic mass is 16.3. The van der Waals surface area contributed by atoms with Crippen molar-refractivity contribution in [2.24, 2.45) is 0 Å². The Hall–Kier alpha value is -2.86. The summed E-state index contributed by atoms with van der Waals surface area (Å²) in [6, 6.07) is 14.1. The minimum absolute atomic E-state index is 0.156. The van der Waals surface area contributed by atoms with Crippen LogP contribution in [0.2, 0.25) is 0 Å². The first-order valence-electron chi connectivity index (χ1n) is 9.48. The predicted molar refractivity (Wildman–Crippen MR) is 109 cm³/mol. The molecular formula is C22H27N3O3. The van der Waals surface area contributed by atoms with Crippen molar-refractivity contribution in [2.45, 2.75) is 38.8 Å². The molecule has 0 aliphatic carbocycles. The van der Waals surface area contributed by atoms with Gasteiger partial charge < -0.3 is 20.6 Å². The Balaban J connectivity index is 1.81. The molecule has 1 aliphatic heterocycles. The molecule has 1 heterocycles. The number of amides is 3. The lowest BCUT2D eigenvalue weighted by Crippen LogP contribution is -2.44. The Morgan fingerprint density at radius 2 is 1.79 bits per heavy atom. The molecule has 0 saturated carbocycles. The molecule has 148 valence electrons. The fourth-order valence-electron chi connectivity index (χ4n) is 3.48. The van der Waals surface area contributed by atoms with E-state index in [1.54, 1.807) is 29.2 Å². The molecule has 6 heteroatoms. The molecule has 3 amide bonds. The van der Waals surface area contributed by atoms with Gasteiger partial charge in [0.15, 0.2) is 0 Å². The number of aliphatic hydroxyl groups excluding tert-OH is 1. The molecule has 6 nitrogen and oxygen atoms in total. The van der Waals surface area contributed by atoms with E-state index in [2.05, 4.69) is 10.6 Å².